The minimum absolute atomic E-state index is 0.322. The number of pyridine rings is 1. The van der Waals surface area contributed by atoms with Gasteiger partial charge < -0.3 is 9.64 Å². The van der Waals surface area contributed by atoms with E-state index in [0.29, 0.717) is 11.2 Å². The minimum atomic E-state index is 0.322. The molecule has 20 heavy (non-hydrogen) atoms. The first-order valence-corrected chi connectivity index (χ1v) is 8.14. The Morgan fingerprint density at radius 1 is 1.55 bits per heavy atom. The summed E-state index contributed by atoms with van der Waals surface area (Å²) in [4.78, 5) is 6.78. The average Bonchev–Trinajstić information content (AvgIpc) is 2.75. The molecule has 1 aliphatic rings. The van der Waals surface area contributed by atoms with Gasteiger partial charge in [0, 0.05) is 25.2 Å². The van der Waals surface area contributed by atoms with Crippen LogP contribution < -0.4 is 4.90 Å². The second-order valence-electron chi connectivity index (χ2n) is 4.89. The van der Waals surface area contributed by atoms with Crippen LogP contribution in [0.2, 0.25) is 5.15 Å². The van der Waals surface area contributed by atoms with Gasteiger partial charge in [0.15, 0.2) is 0 Å². The number of rotatable bonds is 2. The van der Waals surface area contributed by atoms with Crippen LogP contribution >= 0.6 is 34.2 Å². The van der Waals surface area contributed by atoms with Gasteiger partial charge in [-0.15, -0.1) is 0 Å². The van der Waals surface area contributed by atoms with E-state index in [0.717, 1.165) is 46.7 Å². The molecular formula is C13H16ClIN4O. The van der Waals surface area contributed by atoms with E-state index in [4.69, 9.17) is 16.3 Å². The van der Waals surface area contributed by atoms with Crippen LogP contribution in [0.15, 0.2) is 6.07 Å². The number of aryl methyl sites for hydroxylation is 1. The van der Waals surface area contributed by atoms with Crippen LogP contribution in [0.4, 0.5) is 5.69 Å². The van der Waals surface area contributed by atoms with Gasteiger partial charge in [0.25, 0.3) is 0 Å². The number of hydrogen-bond acceptors (Lipinski definition) is 4. The van der Waals surface area contributed by atoms with Crippen LogP contribution in [0.5, 0.6) is 0 Å². The number of morpholine rings is 1. The highest BCUT2D eigenvalue weighted by Crippen LogP contribution is 2.33. The molecule has 2 aromatic heterocycles. The van der Waals surface area contributed by atoms with E-state index in [2.05, 4.69) is 51.4 Å². The van der Waals surface area contributed by atoms with Gasteiger partial charge in [0.2, 0.25) is 0 Å². The number of nitrogens with zero attached hydrogens (tertiary/aromatic N) is 4. The molecule has 0 spiro atoms. The Morgan fingerprint density at radius 2 is 2.35 bits per heavy atom. The Kier molecular flexibility index (Phi) is 4.05. The van der Waals surface area contributed by atoms with Gasteiger partial charge in [-0.25, -0.2) is 4.98 Å². The van der Waals surface area contributed by atoms with Crippen molar-refractivity contribution in [3.8, 4) is 0 Å². The van der Waals surface area contributed by atoms with Crippen molar-refractivity contribution in [2.24, 2.45) is 0 Å². The molecule has 5 nitrogen and oxygen atoms in total. The molecule has 1 fully saturated rings. The predicted octanol–water partition coefficient (Wildman–Crippen LogP) is 2.93. The van der Waals surface area contributed by atoms with E-state index in [1.54, 1.807) is 0 Å². The lowest BCUT2D eigenvalue weighted by atomic mass is 10.2. The van der Waals surface area contributed by atoms with Crippen molar-refractivity contribution >= 4 is 50.9 Å². The van der Waals surface area contributed by atoms with Crippen LogP contribution in [0.3, 0.4) is 0 Å². The highest BCUT2D eigenvalue weighted by Gasteiger charge is 2.24. The summed E-state index contributed by atoms with van der Waals surface area (Å²) >= 11 is 8.42. The van der Waals surface area contributed by atoms with Crippen molar-refractivity contribution in [1.29, 1.82) is 0 Å². The Hall–Kier alpha value is -0.600. The summed E-state index contributed by atoms with van der Waals surface area (Å²) in [7, 11) is 0. The second kappa shape index (κ2) is 5.65. The normalized spacial score (nSPS) is 19.8. The number of fused-ring (bicyclic) bond motifs is 1. The van der Waals surface area contributed by atoms with E-state index >= 15 is 0 Å². The lowest BCUT2D eigenvalue weighted by molar-refractivity contribution is 0.0990. The number of aromatic nitrogens is 3. The summed E-state index contributed by atoms with van der Waals surface area (Å²) in [5.74, 6) is 0. The third-order valence-electron chi connectivity index (χ3n) is 3.58. The van der Waals surface area contributed by atoms with Gasteiger partial charge in [0.05, 0.1) is 18.9 Å². The molecule has 0 radical (unpaired) electrons. The average molecular weight is 407 g/mol. The largest absolute Gasteiger partial charge is 0.377 e. The zero-order valence-corrected chi connectivity index (χ0v) is 14.3. The lowest BCUT2D eigenvalue weighted by Crippen LogP contribution is -2.44. The van der Waals surface area contributed by atoms with E-state index in [1.807, 2.05) is 10.7 Å². The van der Waals surface area contributed by atoms with E-state index in [1.165, 1.54) is 0 Å². The summed E-state index contributed by atoms with van der Waals surface area (Å²) in [5.41, 5.74) is 3.05. The first-order valence-electron chi connectivity index (χ1n) is 6.68. The summed E-state index contributed by atoms with van der Waals surface area (Å²) in [6, 6.07) is 2.26. The maximum Gasteiger partial charge on any atom is 0.149 e. The molecule has 2 aromatic rings. The third kappa shape index (κ3) is 2.37. The first-order chi connectivity index (χ1) is 9.61. The van der Waals surface area contributed by atoms with Crippen molar-refractivity contribution in [3.05, 3.63) is 14.9 Å². The van der Waals surface area contributed by atoms with Crippen LogP contribution in [0, 0.1) is 3.70 Å². The van der Waals surface area contributed by atoms with Gasteiger partial charge in [-0.05, 0) is 36.4 Å². The number of hydrogen-bond donors (Lipinski definition) is 0. The van der Waals surface area contributed by atoms with Gasteiger partial charge in [0.1, 0.15) is 19.9 Å². The zero-order valence-electron chi connectivity index (χ0n) is 11.4. The highest BCUT2D eigenvalue weighted by atomic mass is 127. The summed E-state index contributed by atoms with van der Waals surface area (Å²) in [6.45, 7) is 7.40. The first kappa shape index (κ1) is 14.3. The van der Waals surface area contributed by atoms with E-state index in [-0.39, 0.29) is 0 Å². The SMILES string of the molecule is CCn1nc(I)c2nc(Cl)cc(N3CCOCC3C)c21. The maximum absolute atomic E-state index is 6.21. The fraction of sp³-hybridized carbons (Fsp3) is 0.538. The van der Waals surface area contributed by atoms with Crippen LogP contribution in [0.25, 0.3) is 11.0 Å². The quantitative estimate of drug-likeness (QED) is 0.568. The number of ether oxygens (including phenoxy) is 1. The van der Waals surface area contributed by atoms with Gasteiger partial charge in [-0.2, -0.15) is 5.10 Å². The van der Waals surface area contributed by atoms with Crippen molar-refractivity contribution in [2.75, 3.05) is 24.7 Å². The summed E-state index contributed by atoms with van der Waals surface area (Å²) in [5, 5.41) is 5.07. The predicted molar refractivity (Wildman–Crippen MR) is 88.6 cm³/mol. The molecular weight excluding hydrogens is 391 g/mol. The zero-order chi connectivity index (χ0) is 14.3. The van der Waals surface area contributed by atoms with Crippen molar-refractivity contribution < 1.29 is 4.74 Å². The van der Waals surface area contributed by atoms with Gasteiger partial charge in [-0.3, -0.25) is 4.68 Å². The molecule has 0 amide bonds. The number of anilines is 1. The Balaban J connectivity index is 2.22. The van der Waals surface area contributed by atoms with Crippen molar-refractivity contribution in [2.45, 2.75) is 26.4 Å². The van der Waals surface area contributed by atoms with E-state index < -0.39 is 0 Å². The monoisotopic (exact) mass is 406 g/mol. The van der Waals surface area contributed by atoms with Crippen molar-refractivity contribution in [3.63, 3.8) is 0 Å². The molecule has 0 N–H and O–H groups in total. The molecule has 0 aliphatic carbocycles. The van der Waals surface area contributed by atoms with Crippen molar-refractivity contribution in [1.82, 2.24) is 14.8 Å². The fourth-order valence-corrected chi connectivity index (χ4v) is 3.45. The topological polar surface area (TPSA) is 43.2 Å². The van der Waals surface area contributed by atoms with Crippen LogP contribution in [-0.4, -0.2) is 40.6 Å². The van der Waals surface area contributed by atoms with E-state index in [9.17, 15) is 0 Å². The molecule has 0 bridgehead atoms. The highest BCUT2D eigenvalue weighted by molar-refractivity contribution is 14.1. The fourth-order valence-electron chi connectivity index (χ4n) is 2.63. The Morgan fingerprint density at radius 3 is 3.05 bits per heavy atom. The molecule has 0 aromatic carbocycles. The summed E-state index contributed by atoms with van der Waals surface area (Å²) < 4.78 is 8.41. The molecule has 1 saturated heterocycles. The molecule has 7 heteroatoms. The van der Waals surface area contributed by atoms with Crippen LogP contribution in [-0.2, 0) is 11.3 Å². The molecule has 1 unspecified atom stereocenters. The second-order valence-corrected chi connectivity index (χ2v) is 6.29. The smallest absolute Gasteiger partial charge is 0.149 e. The van der Waals surface area contributed by atoms with Gasteiger partial charge in [-0.1, -0.05) is 11.6 Å². The molecule has 3 rings (SSSR count). The number of halogens is 2. The molecule has 1 aliphatic heterocycles. The maximum atomic E-state index is 6.21. The Labute approximate surface area is 136 Å². The van der Waals surface area contributed by atoms with Gasteiger partial charge >= 0.3 is 0 Å². The molecule has 1 atom stereocenters. The van der Waals surface area contributed by atoms with Crippen LogP contribution in [0.1, 0.15) is 13.8 Å². The lowest BCUT2D eigenvalue weighted by Gasteiger charge is -2.35. The molecule has 3 heterocycles. The minimum Gasteiger partial charge on any atom is -0.377 e. The summed E-state index contributed by atoms with van der Waals surface area (Å²) in [6.07, 6.45) is 0. The standard InChI is InChI=1S/C13H16ClIN4O/c1-3-19-12-9(18-4-5-20-7-8(18)2)6-10(14)16-11(12)13(15)17-19/h6,8H,3-5,7H2,1-2H3. The third-order valence-corrected chi connectivity index (χ3v) is 4.50. The molecule has 108 valence electrons. The molecule has 0 saturated carbocycles. The Bertz CT molecular complexity index is 645.